The molecule has 0 aliphatic carbocycles. The number of nitrogens with one attached hydrogen (secondary N) is 1. The molecule has 4 aliphatic heterocycles. The van der Waals surface area contributed by atoms with Crippen LogP contribution in [0.4, 0.5) is 4.79 Å². The standard InChI is InChI=1S/C35H49N3O10S/c1-24(2)20-38(49(41,42)27-10-11-31-32(19-27)47-23-46-31)21-30(39)29(36-35(40)48-33-22-45-34-28(33)12-17-44-34)18-25-6-8-26(9-7-25)43-16-5-15-37-13-3-4-14-37/h6-11,19,24,28-30,33-34,39H,3-5,12-18,20-23H2,1-2H3,(H,36,40). The van der Waals surface area contributed by atoms with E-state index in [1.165, 1.54) is 29.3 Å². The van der Waals surface area contributed by atoms with Crippen LogP contribution in [0.2, 0.25) is 0 Å². The normalized spacial score (nSPS) is 23.2. The smallest absolute Gasteiger partial charge is 0.407 e. The largest absolute Gasteiger partial charge is 0.494 e. The van der Waals surface area contributed by atoms with E-state index in [9.17, 15) is 18.3 Å². The molecule has 13 nitrogen and oxygen atoms in total. The van der Waals surface area contributed by atoms with Crippen molar-refractivity contribution in [3.8, 4) is 17.2 Å². The van der Waals surface area contributed by atoms with Crippen LogP contribution in [-0.2, 0) is 30.7 Å². The second-order valence-electron chi connectivity index (χ2n) is 13.6. The Morgan fingerprint density at radius 1 is 1.06 bits per heavy atom. The minimum absolute atomic E-state index is 0.0178. The van der Waals surface area contributed by atoms with Gasteiger partial charge < -0.3 is 43.7 Å². The zero-order chi connectivity index (χ0) is 34.4. The highest BCUT2D eigenvalue weighted by Crippen LogP contribution is 2.35. The second-order valence-corrected chi connectivity index (χ2v) is 15.6. The van der Waals surface area contributed by atoms with Crippen LogP contribution < -0.4 is 19.5 Å². The van der Waals surface area contributed by atoms with Crippen molar-refractivity contribution in [1.82, 2.24) is 14.5 Å². The van der Waals surface area contributed by atoms with Crippen LogP contribution in [0.3, 0.4) is 0 Å². The summed E-state index contributed by atoms with van der Waals surface area (Å²) in [6, 6.07) is 11.1. The van der Waals surface area contributed by atoms with Crippen molar-refractivity contribution in [2.75, 3.05) is 59.3 Å². The lowest BCUT2D eigenvalue weighted by atomic mass is 10.0. The lowest BCUT2D eigenvalue weighted by Gasteiger charge is -2.31. The number of aliphatic hydroxyl groups is 1. The number of hydrogen-bond acceptors (Lipinski definition) is 11. The van der Waals surface area contributed by atoms with E-state index in [2.05, 4.69) is 10.2 Å². The summed E-state index contributed by atoms with van der Waals surface area (Å²) in [6.45, 7) is 8.45. The fourth-order valence-electron chi connectivity index (χ4n) is 6.81. The second kappa shape index (κ2) is 16.3. The lowest BCUT2D eigenvalue weighted by Crippen LogP contribution is -2.51. The molecule has 0 aromatic heterocycles. The van der Waals surface area contributed by atoms with Gasteiger partial charge in [-0.15, -0.1) is 0 Å². The van der Waals surface area contributed by atoms with Crippen LogP contribution in [0.25, 0.3) is 0 Å². The molecule has 14 heteroatoms. The third-order valence-electron chi connectivity index (χ3n) is 9.42. The zero-order valence-corrected chi connectivity index (χ0v) is 29.1. The Morgan fingerprint density at radius 2 is 1.84 bits per heavy atom. The minimum atomic E-state index is -4.05. The van der Waals surface area contributed by atoms with Gasteiger partial charge in [-0.1, -0.05) is 26.0 Å². The average molecular weight is 704 g/mol. The van der Waals surface area contributed by atoms with Gasteiger partial charge in [0.25, 0.3) is 0 Å². The summed E-state index contributed by atoms with van der Waals surface area (Å²) in [6.07, 6.45) is 1.58. The number of carbonyl (C=O) groups excluding carboxylic acids is 1. The van der Waals surface area contributed by atoms with Gasteiger partial charge in [-0.3, -0.25) is 0 Å². The molecule has 0 spiro atoms. The summed E-state index contributed by atoms with van der Waals surface area (Å²) in [5.41, 5.74) is 0.830. The van der Waals surface area contributed by atoms with Gasteiger partial charge in [0.15, 0.2) is 17.8 Å². The summed E-state index contributed by atoms with van der Waals surface area (Å²) < 4.78 is 62.8. The molecule has 6 rings (SSSR count). The van der Waals surface area contributed by atoms with E-state index in [-0.39, 0.29) is 55.9 Å². The molecule has 2 aromatic rings. The van der Waals surface area contributed by atoms with Gasteiger partial charge in [-0.05, 0) is 80.9 Å². The number of alkyl carbamates (subject to hydrolysis) is 1. The fraction of sp³-hybridized carbons (Fsp3) is 0.629. The number of sulfonamides is 1. The molecule has 5 unspecified atom stereocenters. The van der Waals surface area contributed by atoms with Crippen LogP contribution in [0.5, 0.6) is 17.2 Å². The van der Waals surface area contributed by atoms with Crippen LogP contribution >= 0.6 is 0 Å². The van der Waals surface area contributed by atoms with Gasteiger partial charge in [-0.2, -0.15) is 4.31 Å². The average Bonchev–Trinajstić information content (AvgIpc) is 3.90. The van der Waals surface area contributed by atoms with E-state index in [0.717, 1.165) is 43.8 Å². The Hall–Kier alpha value is -3.14. The molecule has 2 aromatic carbocycles. The molecule has 0 bridgehead atoms. The number of rotatable bonds is 16. The number of benzene rings is 2. The number of hydrogen-bond donors (Lipinski definition) is 2. The summed E-state index contributed by atoms with van der Waals surface area (Å²) in [5.74, 6) is 1.46. The van der Waals surface area contributed by atoms with E-state index in [0.29, 0.717) is 24.7 Å². The predicted molar refractivity (Wildman–Crippen MR) is 179 cm³/mol. The molecule has 3 fully saturated rings. The SMILES string of the molecule is CC(C)CN(CC(O)C(Cc1ccc(OCCCN2CCCC2)cc1)NC(=O)OC1COC2OCCC12)S(=O)(=O)c1ccc2c(c1)OCO2. The number of aliphatic hydroxyl groups excluding tert-OH is 1. The monoisotopic (exact) mass is 703 g/mol. The molecule has 49 heavy (non-hydrogen) atoms. The van der Waals surface area contributed by atoms with E-state index < -0.39 is 34.4 Å². The molecule has 4 heterocycles. The number of nitrogens with zero attached hydrogens (tertiary/aromatic N) is 2. The summed E-state index contributed by atoms with van der Waals surface area (Å²) in [5, 5.41) is 14.5. The molecule has 4 aliphatic rings. The van der Waals surface area contributed by atoms with Crippen molar-refractivity contribution in [3.05, 3.63) is 48.0 Å². The summed E-state index contributed by atoms with van der Waals surface area (Å²) in [4.78, 5) is 15.7. The van der Waals surface area contributed by atoms with E-state index >= 15 is 0 Å². The molecule has 0 saturated carbocycles. The van der Waals surface area contributed by atoms with Crippen molar-refractivity contribution < 1.29 is 46.7 Å². The molecule has 1 amide bonds. The molecular formula is C35H49N3O10S. The molecule has 5 atom stereocenters. The highest BCUT2D eigenvalue weighted by Gasteiger charge is 2.44. The van der Waals surface area contributed by atoms with Gasteiger partial charge in [0, 0.05) is 25.7 Å². The first-order valence-electron chi connectivity index (χ1n) is 17.4. The predicted octanol–water partition coefficient (Wildman–Crippen LogP) is 3.39. The van der Waals surface area contributed by atoms with Crippen LogP contribution in [0.15, 0.2) is 47.4 Å². The first kappa shape index (κ1) is 35.7. The first-order chi connectivity index (χ1) is 23.7. The maximum atomic E-state index is 13.9. The van der Waals surface area contributed by atoms with Gasteiger partial charge in [-0.25, -0.2) is 13.2 Å². The van der Waals surface area contributed by atoms with E-state index in [1.807, 2.05) is 38.1 Å². The van der Waals surface area contributed by atoms with Crippen LogP contribution in [0, 0.1) is 11.8 Å². The number of amides is 1. The maximum absolute atomic E-state index is 13.9. The van der Waals surface area contributed by atoms with Gasteiger partial charge >= 0.3 is 6.09 Å². The van der Waals surface area contributed by atoms with Gasteiger partial charge in [0.1, 0.15) is 11.9 Å². The summed E-state index contributed by atoms with van der Waals surface area (Å²) in [7, 11) is -4.05. The topological polar surface area (TPSA) is 145 Å². The molecule has 270 valence electrons. The molecular weight excluding hydrogens is 654 g/mol. The van der Waals surface area contributed by atoms with Crippen molar-refractivity contribution >= 4 is 16.1 Å². The number of likely N-dealkylation sites (tertiary alicyclic amines) is 1. The quantitative estimate of drug-likeness (QED) is 0.248. The fourth-order valence-corrected chi connectivity index (χ4v) is 8.45. The van der Waals surface area contributed by atoms with Crippen molar-refractivity contribution in [2.24, 2.45) is 11.8 Å². The number of carbonyl (C=O) groups is 1. The molecule has 0 radical (unpaired) electrons. The van der Waals surface area contributed by atoms with Gasteiger partial charge in [0.2, 0.25) is 16.8 Å². The Morgan fingerprint density at radius 3 is 2.61 bits per heavy atom. The Kier molecular flexibility index (Phi) is 11.8. The number of ether oxygens (including phenoxy) is 6. The van der Waals surface area contributed by atoms with Crippen LogP contribution in [-0.4, -0.2) is 113 Å². The Balaban J connectivity index is 1.14. The first-order valence-corrected chi connectivity index (χ1v) is 18.8. The lowest BCUT2D eigenvalue weighted by molar-refractivity contribution is -0.0907. The van der Waals surface area contributed by atoms with Crippen molar-refractivity contribution in [3.63, 3.8) is 0 Å². The Bertz CT molecular complexity index is 1500. The van der Waals surface area contributed by atoms with Crippen LogP contribution in [0.1, 0.15) is 45.1 Å². The maximum Gasteiger partial charge on any atom is 0.407 e. The molecule has 3 saturated heterocycles. The highest BCUT2D eigenvalue weighted by atomic mass is 32.2. The molecule has 2 N–H and O–H groups in total. The summed E-state index contributed by atoms with van der Waals surface area (Å²) >= 11 is 0. The third-order valence-corrected chi connectivity index (χ3v) is 11.2. The van der Waals surface area contributed by atoms with E-state index in [4.69, 9.17) is 28.4 Å². The van der Waals surface area contributed by atoms with E-state index in [1.54, 1.807) is 6.07 Å². The van der Waals surface area contributed by atoms with Crippen molar-refractivity contribution in [2.45, 2.75) is 75.4 Å². The zero-order valence-electron chi connectivity index (χ0n) is 28.3. The Labute approximate surface area is 288 Å². The van der Waals surface area contributed by atoms with Gasteiger partial charge in [0.05, 0.1) is 42.8 Å². The van der Waals surface area contributed by atoms with Crippen molar-refractivity contribution in [1.29, 1.82) is 0 Å². The minimum Gasteiger partial charge on any atom is -0.494 e. The highest BCUT2D eigenvalue weighted by molar-refractivity contribution is 7.89. The third kappa shape index (κ3) is 9.16. The number of fused-ring (bicyclic) bond motifs is 2.